The minimum absolute atomic E-state index is 0.0638. The number of pyridine rings is 4. The average Bonchev–Trinajstić information content (AvgIpc) is 3.35. The minimum Gasteiger partial charge on any atom is -0.294 e. The highest BCUT2D eigenvalue weighted by Gasteiger charge is 2.34. The quantitative estimate of drug-likeness (QED) is 0.149. The van der Waals surface area contributed by atoms with Gasteiger partial charge >= 0.3 is 0 Å². The Bertz CT molecular complexity index is 3900. The zero-order chi connectivity index (χ0) is 44.3. The maximum Gasteiger partial charge on any atom is 0.138 e. The first-order valence-corrected chi connectivity index (χ1v) is 23.1. The van der Waals surface area contributed by atoms with Crippen LogP contribution in [0.4, 0.5) is 34.4 Å². The van der Waals surface area contributed by atoms with E-state index in [1.54, 1.807) is 0 Å². The lowest BCUT2D eigenvalue weighted by molar-refractivity contribution is 0.475. The summed E-state index contributed by atoms with van der Waals surface area (Å²) >= 11 is 0. The molecule has 0 spiro atoms. The minimum atomic E-state index is -0.0638. The second kappa shape index (κ2) is 14.5. The second-order valence-electron chi connectivity index (χ2n) is 18.9. The van der Waals surface area contributed by atoms with Crippen LogP contribution in [-0.4, -0.2) is 19.9 Å². The standard InChI is InChI=1S/C60H46N6/c1-36(2)46-35-50(66(43-17-9-6-10-18-43)52-28-24-40-22-20-38-14-12-32-62-57(38)59(40)64-52)47-34-48-53-41(29-30-60(48,3)4)33-49(45-26-25-44(46)54(47)55(45)53)65(42-15-7-5-8-16-42)51-27-23-39-21-19-37-13-11-31-61-56(37)58(39)63-51/h5-28,31-36H,29-30H2,1-4H3. The van der Waals surface area contributed by atoms with Gasteiger partial charge in [0.2, 0.25) is 0 Å². The highest BCUT2D eigenvalue weighted by atomic mass is 15.2. The zero-order valence-corrected chi connectivity index (χ0v) is 37.4. The molecule has 316 valence electrons. The molecule has 66 heavy (non-hydrogen) atoms. The van der Waals surface area contributed by atoms with Gasteiger partial charge in [-0.2, -0.15) is 0 Å². The van der Waals surface area contributed by atoms with Crippen molar-refractivity contribution >= 4 is 110 Å². The second-order valence-corrected chi connectivity index (χ2v) is 18.9. The van der Waals surface area contributed by atoms with Crippen LogP contribution in [-0.2, 0) is 11.8 Å². The number of benzene rings is 8. The van der Waals surface area contributed by atoms with Gasteiger partial charge in [-0.25, -0.2) is 9.97 Å². The van der Waals surface area contributed by atoms with Crippen molar-refractivity contribution in [2.75, 3.05) is 9.80 Å². The Balaban J connectivity index is 1.15. The van der Waals surface area contributed by atoms with Crippen LogP contribution in [0.1, 0.15) is 56.7 Å². The number of aromatic nitrogens is 4. The molecular formula is C60H46N6. The van der Waals surface area contributed by atoms with Crippen LogP contribution in [0, 0.1) is 0 Å². The summed E-state index contributed by atoms with van der Waals surface area (Å²) in [5, 5.41) is 12.0. The lowest BCUT2D eigenvalue weighted by Gasteiger charge is -2.37. The SMILES string of the molecule is CC(C)c1cc(N(c2ccccc2)c2ccc3ccc4cccnc4c3n2)c2cc3c4c(cc(N(c5ccccc5)c5ccc6ccc7cccnc7c6n5)c5ccc1c2c54)CCC3(C)C. The fraction of sp³-hybridized carbons (Fsp3) is 0.133. The van der Waals surface area contributed by atoms with Gasteiger partial charge in [-0.15, -0.1) is 0 Å². The topological polar surface area (TPSA) is 58.0 Å². The number of para-hydroxylation sites is 2. The van der Waals surface area contributed by atoms with E-state index in [1.165, 1.54) is 49.0 Å². The molecule has 12 aromatic rings. The number of hydrogen-bond donors (Lipinski definition) is 0. The van der Waals surface area contributed by atoms with Crippen LogP contribution in [0.15, 0.2) is 176 Å². The molecule has 4 aromatic heterocycles. The van der Waals surface area contributed by atoms with E-state index in [2.05, 4.69) is 189 Å². The van der Waals surface area contributed by atoms with Gasteiger partial charge in [0, 0.05) is 61.5 Å². The highest BCUT2D eigenvalue weighted by molar-refractivity contribution is 6.30. The molecule has 0 amide bonds. The molecule has 13 rings (SSSR count). The van der Waals surface area contributed by atoms with Crippen molar-refractivity contribution < 1.29 is 0 Å². The van der Waals surface area contributed by atoms with Crippen molar-refractivity contribution in [3.05, 3.63) is 193 Å². The highest BCUT2D eigenvalue weighted by Crippen LogP contribution is 2.54. The van der Waals surface area contributed by atoms with Gasteiger partial charge in [-0.1, -0.05) is 113 Å². The van der Waals surface area contributed by atoms with E-state index in [4.69, 9.17) is 19.9 Å². The Morgan fingerprint density at radius 1 is 0.470 bits per heavy atom. The van der Waals surface area contributed by atoms with Gasteiger partial charge in [-0.3, -0.25) is 19.8 Å². The summed E-state index contributed by atoms with van der Waals surface area (Å²) in [5.41, 5.74) is 12.0. The van der Waals surface area contributed by atoms with Crippen molar-refractivity contribution in [2.24, 2.45) is 0 Å². The van der Waals surface area contributed by atoms with Crippen LogP contribution in [0.2, 0.25) is 0 Å². The van der Waals surface area contributed by atoms with Crippen molar-refractivity contribution in [3.63, 3.8) is 0 Å². The molecule has 0 fully saturated rings. The van der Waals surface area contributed by atoms with Crippen molar-refractivity contribution in [2.45, 2.75) is 51.9 Å². The van der Waals surface area contributed by atoms with Crippen molar-refractivity contribution in [3.8, 4) is 0 Å². The van der Waals surface area contributed by atoms with Crippen LogP contribution < -0.4 is 9.80 Å². The largest absolute Gasteiger partial charge is 0.294 e. The van der Waals surface area contributed by atoms with E-state index in [1.807, 2.05) is 24.5 Å². The van der Waals surface area contributed by atoms with Crippen LogP contribution >= 0.6 is 0 Å². The lowest BCUT2D eigenvalue weighted by Crippen LogP contribution is -2.24. The van der Waals surface area contributed by atoms with Crippen LogP contribution in [0.25, 0.3) is 75.9 Å². The molecule has 0 aliphatic heterocycles. The summed E-state index contributed by atoms with van der Waals surface area (Å²) in [6, 6.07) is 59.3. The Morgan fingerprint density at radius 3 is 1.55 bits per heavy atom. The first kappa shape index (κ1) is 38.5. The lowest BCUT2D eigenvalue weighted by atomic mass is 9.70. The normalized spacial score (nSPS) is 13.6. The van der Waals surface area contributed by atoms with Crippen LogP contribution in [0.5, 0.6) is 0 Å². The van der Waals surface area contributed by atoms with Crippen molar-refractivity contribution in [1.29, 1.82) is 0 Å². The van der Waals surface area contributed by atoms with E-state index >= 15 is 0 Å². The summed E-state index contributed by atoms with van der Waals surface area (Å²) in [5.74, 6) is 1.96. The van der Waals surface area contributed by atoms with E-state index in [9.17, 15) is 0 Å². The molecule has 0 saturated heterocycles. The predicted octanol–water partition coefficient (Wildman–Crippen LogP) is 16.1. The Kier molecular flexibility index (Phi) is 8.47. The zero-order valence-electron chi connectivity index (χ0n) is 37.4. The van der Waals surface area contributed by atoms with Gasteiger partial charge < -0.3 is 0 Å². The Labute approximate surface area is 383 Å². The van der Waals surface area contributed by atoms with Gasteiger partial charge in [-0.05, 0) is 136 Å². The summed E-state index contributed by atoms with van der Waals surface area (Å²) in [6.45, 7) is 9.51. The first-order valence-electron chi connectivity index (χ1n) is 23.1. The van der Waals surface area contributed by atoms with E-state index in [0.29, 0.717) is 0 Å². The molecule has 8 aromatic carbocycles. The molecule has 0 saturated carbocycles. The number of aryl methyl sites for hydroxylation is 1. The van der Waals surface area contributed by atoms with Gasteiger partial charge in [0.05, 0.1) is 33.4 Å². The monoisotopic (exact) mass is 850 g/mol. The smallest absolute Gasteiger partial charge is 0.138 e. The molecule has 4 heterocycles. The van der Waals surface area contributed by atoms with Gasteiger partial charge in [0.25, 0.3) is 0 Å². The number of rotatable bonds is 7. The molecular weight excluding hydrogens is 805 g/mol. The fourth-order valence-electron chi connectivity index (χ4n) is 11.0. The summed E-state index contributed by atoms with van der Waals surface area (Å²) in [7, 11) is 0. The van der Waals surface area contributed by atoms with E-state index < -0.39 is 0 Å². The van der Waals surface area contributed by atoms with Crippen LogP contribution in [0.3, 0.4) is 0 Å². The summed E-state index contributed by atoms with van der Waals surface area (Å²) in [4.78, 5) is 25.5. The van der Waals surface area contributed by atoms with E-state index in [0.717, 1.165) is 90.8 Å². The summed E-state index contributed by atoms with van der Waals surface area (Å²) in [6.07, 6.45) is 5.74. The molecule has 6 nitrogen and oxygen atoms in total. The number of fused-ring (bicyclic) bond motifs is 6. The molecule has 1 aliphatic rings. The fourth-order valence-corrected chi connectivity index (χ4v) is 11.0. The predicted molar refractivity (Wildman–Crippen MR) is 276 cm³/mol. The Hall–Kier alpha value is -7.96. The molecule has 1 aliphatic carbocycles. The number of hydrogen-bond acceptors (Lipinski definition) is 6. The number of nitrogens with zero attached hydrogens (tertiary/aromatic N) is 6. The Morgan fingerprint density at radius 2 is 0.985 bits per heavy atom. The third-order valence-corrected chi connectivity index (χ3v) is 14.2. The number of anilines is 6. The maximum atomic E-state index is 5.53. The maximum absolute atomic E-state index is 5.53. The molecule has 0 radical (unpaired) electrons. The first-order chi connectivity index (χ1) is 32.3. The third kappa shape index (κ3) is 5.80. The molecule has 0 unspecified atom stereocenters. The third-order valence-electron chi connectivity index (χ3n) is 14.2. The molecule has 6 heteroatoms. The van der Waals surface area contributed by atoms with Gasteiger partial charge in [0.1, 0.15) is 11.6 Å². The molecule has 0 N–H and O–H groups in total. The van der Waals surface area contributed by atoms with E-state index in [-0.39, 0.29) is 11.3 Å². The average molecular weight is 851 g/mol. The molecule has 0 atom stereocenters. The van der Waals surface area contributed by atoms with Gasteiger partial charge in [0.15, 0.2) is 0 Å². The van der Waals surface area contributed by atoms with Crippen molar-refractivity contribution in [1.82, 2.24) is 19.9 Å². The summed E-state index contributed by atoms with van der Waals surface area (Å²) < 4.78 is 0. The molecule has 0 bridgehead atoms.